The van der Waals surface area contributed by atoms with E-state index < -0.39 is 0 Å². The minimum absolute atomic E-state index is 0.338. The van der Waals surface area contributed by atoms with Crippen LogP contribution >= 0.6 is 0 Å². The average molecular weight is 216 g/mol. The molecule has 0 atom stereocenters. The van der Waals surface area contributed by atoms with Crippen molar-refractivity contribution >= 4 is 18.1 Å². The molecule has 1 aromatic rings. The van der Waals surface area contributed by atoms with E-state index in [4.69, 9.17) is 0 Å². The molecule has 2 heteroatoms. The van der Waals surface area contributed by atoms with Crippen molar-refractivity contribution in [3.05, 3.63) is 47.5 Å². The first-order valence-corrected chi connectivity index (χ1v) is 5.29. The quantitative estimate of drug-likeness (QED) is 0.570. The molecule has 0 spiro atoms. The molecule has 1 aromatic carbocycles. The van der Waals surface area contributed by atoms with Gasteiger partial charge in [-0.3, -0.25) is 0 Å². The standard InChI is InChI=1S/C14H16O2/c1-3-4-6-12-7-5-8-13(11-12)9-10-14(15)16-2/h4-11H,3H2,1-2H3/b6-4+,10-9+. The number of carbonyl (C=O) groups is 1. The van der Waals surface area contributed by atoms with Gasteiger partial charge in [-0.2, -0.15) is 0 Å². The third-order valence-electron chi connectivity index (χ3n) is 2.07. The Morgan fingerprint density at radius 1 is 1.31 bits per heavy atom. The topological polar surface area (TPSA) is 26.3 Å². The second kappa shape index (κ2) is 6.62. The molecule has 16 heavy (non-hydrogen) atoms. The SMILES string of the molecule is CC/C=C/c1cccc(/C=C/C(=O)OC)c1. The fourth-order valence-corrected chi connectivity index (χ4v) is 1.25. The third-order valence-corrected chi connectivity index (χ3v) is 2.07. The van der Waals surface area contributed by atoms with Crippen LogP contribution in [0.2, 0.25) is 0 Å². The highest BCUT2D eigenvalue weighted by molar-refractivity contribution is 5.87. The largest absolute Gasteiger partial charge is 0.466 e. The molecule has 0 saturated carbocycles. The van der Waals surface area contributed by atoms with Crippen molar-refractivity contribution in [3.8, 4) is 0 Å². The van der Waals surface area contributed by atoms with Gasteiger partial charge in [-0.05, 0) is 29.7 Å². The summed E-state index contributed by atoms with van der Waals surface area (Å²) in [7, 11) is 1.37. The van der Waals surface area contributed by atoms with Gasteiger partial charge in [0.2, 0.25) is 0 Å². The Kier molecular flexibility index (Phi) is 5.06. The average Bonchev–Trinajstić information content (AvgIpc) is 2.34. The first-order chi connectivity index (χ1) is 7.76. The van der Waals surface area contributed by atoms with E-state index in [2.05, 4.69) is 23.8 Å². The van der Waals surface area contributed by atoms with Gasteiger partial charge in [0.05, 0.1) is 7.11 Å². The molecule has 0 aliphatic heterocycles. The normalized spacial score (nSPS) is 11.1. The lowest BCUT2D eigenvalue weighted by Gasteiger charge is -1.96. The number of esters is 1. The first kappa shape index (κ1) is 12.2. The maximum absolute atomic E-state index is 10.9. The van der Waals surface area contributed by atoms with Gasteiger partial charge < -0.3 is 4.74 Å². The Labute approximate surface area is 96.2 Å². The van der Waals surface area contributed by atoms with Crippen LogP contribution in [0, 0.1) is 0 Å². The highest BCUT2D eigenvalue weighted by Crippen LogP contribution is 2.09. The number of carbonyl (C=O) groups excluding carboxylic acids is 1. The zero-order valence-corrected chi connectivity index (χ0v) is 9.64. The van der Waals surface area contributed by atoms with E-state index in [1.54, 1.807) is 6.08 Å². The molecule has 0 fully saturated rings. The summed E-state index contributed by atoms with van der Waals surface area (Å²) < 4.78 is 4.53. The smallest absolute Gasteiger partial charge is 0.330 e. The highest BCUT2D eigenvalue weighted by Gasteiger charge is 1.92. The maximum Gasteiger partial charge on any atom is 0.330 e. The van der Waals surface area contributed by atoms with Gasteiger partial charge in [0.1, 0.15) is 0 Å². The summed E-state index contributed by atoms with van der Waals surface area (Å²) in [5.74, 6) is -0.338. The van der Waals surface area contributed by atoms with Crippen LogP contribution in [-0.2, 0) is 9.53 Å². The van der Waals surface area contributed by atoms with Crippen LogP contribution in [-0.4, -0.2) is 13.1 Å². The zero-order chi connectivity index (χ0) is 11.8. The van der Waals surface area contributed by atoms with Gasteiger partial charge in [-0.25, -0.2) is 4.79 Å². The van der Waals surface area contributed by atoms with Crippen LogP contribution < -0.4 is 0 Å². The molecular formula is C14H16O2. The summed E-state index contributed by atoms with van der Waals surface area (Å²) >= 11 is 0. The van der Waals surface area contributed by atoms with Crippen LogP contribution in [0.5, 0.6) is 0 Å². The predicted molar refractivity (Wildman–Crippen MR) is 66.8 cm³/mol. The van der Waals surface area contributed by atoms with Crippen LogP contribution in [0.4, 0.5) is 0 Å². The van der Waals surface area contributed by atoms with Gasteiger partial charge in [0.15, 0.2) is 0 Å². The van der Waals surface area contributed by atoms with E-state index in [0.29, 0.717) is 0 Å². The molecule has 0 bridgehead atoms. The number of methoxy groups -OCH3 is 1. The first-order valence-electron chi connectivity index (χ1n) is 5.29. The molecule has 0 amide bonds. The Hall–Kier alpha value is -1.83. The molecule has 0 radical (unpaired) electrons. The van der Waals surface area contributed by atoms with Crippen LogP contribution in [0.15, 0.2) is 36.4 Å². The summed E-state index contributed by atoms with van der Waals surface area (Å²) in [6.45, 7) is 2.09. The van der Waals surface area contributed by atoms with E-state index in [1.807, 2.05) is 24.3 Å². The Morgan fingerprint density at radius 3 is 2.62 bits per heavy atom. The fraction of sp³-hybridized carbons (Fsp3) is 0.214. The van der Waals surface area contributed by atoms with Gasteiger partial charge in [-0.1, -0.05) is 37.3 Å². The summed E-state index contributed by atoms with van der Waals surface area (Å²) in [6, 6.07) is 7.96. The van der Waals surface area contributed by atoms with Crippen molar-refractivity contribution in [3.63, 3.8) is 0 Å². The van der Waals surface area contributed by atoms with E-state index >= 15 is 0 Å². The van der Waals surface area contributed by atoms with Gasteiger partial charge in [0, 0.05) is 6.08 Å². The minimum Gasteiger partial charge on any atom is -0.466 e. The van der Waals surface area contributed by atoms with Crippen molar-refractivity contribution in [2.75, 3.05) is 7.11 Å². The van der Waals surface area contributed by atoms with Crippen molar-refractivity contribution in [2.45, 2.75) is 13.3 Å². The van der Waals surface area contributed by atoms with E-state index in [-0.39, 0.29) is 5.97 Å². The van der Waals surface area contributed by atoms with Crippen molar-refractivity contribution in [1.29, 1.82) is 0 Å². The Balaban J connectivity index is 2.78. The molecule has 0 unspecified atom stereocenters. The molecule has 0 saturated heterocycles. The fourth-order valence-electron chi connectivity index (χ4n) is 1.25. The predicted octanol–water partition coefficient (Wildman–Crippen LogP) is 3.30. The monoisotopic (exact) mass is 216 g/mol. The molecule has 2 nitrogen and oxygen atoms in total. The van der Waals surface area contributed by atoms with Crippen LogP contribution in [0.25, 0.3) is 12.2 Å². The number of benzene rings is 1. The molecule has 0 aromatic heterocycles. The van der Waals surface area contributed by atoms with Crippen molar-refractivity contribution in [1.82, 2.24) is 0 Å². The summed E-state index contributed by atoms with van der Waals surface area (Å²) in [5.41, 5.74) is 2.12. The Morgan fingerprint density at radius 2 is 2.00 bits per heavy atom. The zero-order valence-electron chi connectivity index (χ0n) is 9.64. The molecule has 0 aliphatic rings. The number of rotatable bonds is 4. The third kappa shape index (κ3) is 4.13. The van der Waals surface area contributed by atoms with E-state index in [0.717, 1.165) is 17.5 Å². The molecule has 84 valence electrons. The van der Waals surface area contributed by atoms with Crippen LogP contribution in [0.3, 0.4) is 0 Å². The summed E-state index contributed by atoms with van der Waals surface area (Å²) in [4.78, 5) is 10.9. The lowest BCUT2D eigenvalue weighted by molar-refractivity contribution is -0.134. The summed E-state index contributed by atoms with van der Waals surface area (Å²) in [5, 5.41) is 0. The van der Waals surface area contributed by atoms with E-state index in [9.17, 15) is 4.79 Å². The highest BCUT2D eigenvalue weighted by atomic mass is 16.5. The number of allylic oxidation sites excluding steroid dienone is 1. The molecular weight excluding hydrogens is 200 g/mol. The number of hydrogen-bond donors (Lipinski definition) is 0. The maximum atomic E-state index is 10.9. The minimum atomic E-state index is -0.338. The summed E-state index contributed by atoms with van der Waals surface area (Å²) in [6.07, 6.45) is 8.35. The van der Waals surface area contributed by atoms with Crippen LogP contribution in [0.1, 0.15) is 24.5 Å². The second-order valence-electron chi connectivity index (χ2n) is 3.34. The number of ether oxygens (including phenoxy) is 1. The van der Waals surface area contributed by atoms with E-state index in [1.165, 1.54) is 13.2 Å². The van der Waals surface area contributed by atoms with Gasteiger partial charge in [0.25, 0.3) is 0 Å². The number of hydrogen-bond acceptors (Lipinski definition) is 2. The van der Waals surface area contributed by atoms with Crippen molar-refractivity contribution in [2.24, 2.45) is 0 Å². The second-order valence-corrected chi connectivity index (χ2v) is 3.34. The lowest BCUT2D eigenvalue weighted by Crippen LogP contribution is -1.93. The van der Waals surface area contributed by atoms with Gasteiger partial charge >= 0.3 is 5.97 Å². The molecule has 0 heterocycles. The lowest BCUT2D eigenvalue weighted by atomic mass is 10.1. The molecule has 1 rings (SSSR count). The molecule has 0 N–H and O–H groups in total. The molecule has 0 aliphatic carbocycles. The van der Waals surface area contributed by atoms with Crippen molar-refractivity contribution < 1.29 is 9.53 Å². The Bertz CT molecular complexity index is 403. The van der Waals surface area contributed by atoms with Gasteiger partial charge in [-0.15, -0.1) is 0 Å².